The Labute approximate surface area is 233 Å². The summed E-state index contributed by atoms with van der Waals surface area (Å²) >= 11 is 7.67. The molecule has 1 amide bonds. The highest BCUT2D eigenvalue weighted by Crippen LogP contribution is 2.34. The largest absolute Gasteiger partial charge is 0.309 e. The first-order valence-corrected chi connectivity index (χ1v) is 15.0. The van der Waals surface area contributed by atoms with Crippen molar-refractivity contribution in [1.82, 2.24) is 9.88 Å². The van der Waals surface area contributed by atoms with E-state index in [1.807, 2.05) is 39.2 Å². The molecule has 0 spiro atoms. The molecule has 1 heterocycles. The molecule has 0 aliphatic rings. The topological polar surface area (TPSA) is 73.8 Å². The van der Waals surface area contributed by atoms with Crippen LogP contribution in [0.1, 0.15) is 29.3 Å². The molecule has 4 rings (SSSR count). The van der Waals surface area contributed by atoms with E-state index in [-0.39, 0.29) is 17.3 Å². The number of sulfonamides is 1. The predicted molar refractivity (Wildman–Crippen MR) is 157 cm³/mol. The molecule has 200 valence electrons. The minimum Gasteiger partial charge on any atom is -0.309 e. The fourth-order valence-corrected chi connectivity index (χ4v) is 7.14. The highest BCUT2D eigenvalue weighted by molar-refractivity contribution is 7.92. The lowest BCUT2D eigenvalue weighted by Crippen LogP contribution is -2.33. The van der Waals surface area contributed by atoms with Crippen molar-refractivity contribution >= 4 is 59.9 Å². The van der Waals surface area contributed by atoms with Gasteiger partial charge in [0.05, 0.1) is 20.8 Å². The van der Waals surface area contributed by atoms with Crippen molar-refractivity contribution in [2.24, 2.45) is 0 Å². The van der Waals surface area contributed by atoms with E-state index in [9.17, 15) is 13.2 Å². The standard InChI is InChI=1S/C28H31ClN4O3S2/c1-5-33(23-10-7-6-8-11-23)38(35,36)24-14-12-21(13-15-24)27(34)32(17-9-16-31(3)4)28-30-26-20(2)18-22(29)19-25(26)37-28/h6-8,10-15,18-19H,5,9,16-17H2,1-4H3. The fourth-order valence-electron chi connectivity index (χ4n) is 4.23. The first-order chi connectivity index (χ1) is 18.1. The van der Waals surface area contributed by atoms with Crippen LogP contribution in [0.25, 0.3) is 10.2 Å². The Morgan fingerprint density at radius 1 is 1.00 bits per heavy atom. The molecule has 3 aromatic carbocycles. The Balaban J connectivity index is 1.65. The van der Waals surface area contributed by atoms with E-state index in [4.69, 9.17) is 16.6 Å². The molecule has 0 fully saturated rings. The molecular weight excluding hydrogens is 540 g/mol. The van der Waals surface area contributed by atoms with Crippen LogP contribution in [0.4, 0.5) is 10.8 Å². The van der Waals surface area contributed by atoms with Gasteiger partial charge in [-0.05, 0) is 95.0 Å². The molecule has 0 aliphatic carbocycles. The summed E-state index contributed by atoms with van der Waals surface area (Å²) < 4.78 is 29.0. The van der Waals surface area contributed by atoms with Crippen LogP contribution in [0, 0.1) is 6.92 Å². The number of thiazole rings is 1. The molecule has 38 heavy (non-hydrogen) atoms. The van der Waals surface area contributed by atoms with Crippen molar-refractivity contribution in [1.29, 1.82) is 0 Å². The molecule has 4 aromatic rings. The molecule has 0 atom stereocenters. The highest BCUT2D eigenvalue weighted by atomic mass is 35.5. The zero-order valence-corrected chi connectivity index (χ0v) is 24.3. The second kappa shape index (κ2) is 11.8. The van der Waals surface area contributed by atoms with Gasteiger partial charge in [0, 0.05) is 23.7 Å². The van der Waals surface area contributed by atoms with E-state index in [0.717, 1.165) is 28.7 Å². The third-order valence-electron chi connectivity index (χ3n) is 6.12. The van der Waals surface area contributed by atoms with Crippen LogP contribution in [-0.4, -0.2) is 57.9 Å². The third-order valence-corrected chi connectivity index (χ3v) is 9.28. The van der Waals surface area contributed by atoms with Crippen molar-refractivity contribution in [3.05, 3.63) is 82.9 Å². The zero-order valence-electron chi connectivity index (χ0n) is 21.9. The minimum absolute atomic E-state index is 0.129. The molecule has 0 N–H and O–H groups in total. The number of aromatic nitrogens is 1. The van der Waals surface area contributed by atoms with Crippen LogP contribution in [0.15, 0.2) is 71.6 Å². The zero-order chi connectivity index (χ0) is 27.4. The summed E-state index contributed by atoms with van der Waals surface area (Å²) in [5.41, 5.74) is 2.75. The lowest BCUT2D eigenvalue weighted by Gasteiger charge is -2.23. The summed E-state index contributed by atoms with van der Waals surface area (Å²) in [5.74, 6) is -0.231. The molecule has 7 nitrogen and oxygen atoms in total. The van der Waals surface area contributed by atoms with Crippen molar-refractivity contribution in [3.8, 4) is 0 Å². The van der Waals surface area contributed by atoms with E-state index >= 15 is 0 Å². The minimum atomic E-state index is -3.79. The van der Waals surface area contributed by atoms with Gasteiger partial charge in [-0.2, -0.15) is 0 Å². The van der Waals surface area contributed by atoms with Gasteiger partial charge in [-0.15, -0.1) is 0 Å². The number of hydrogen-bond donors (Lipinski definition) is 0. The van der Waals surface area contributed by atoms with Crippen LogP contribution >= 0.6 is 22.9 Å². The maximum Gasteiger partial charge on any atom is 0.264 e. The number of nitrogens with zero attached hydrogens (tertiary/aromatic N) is 4. The Kier molecular flexibility index (Phi) is 8.72. The normalized spacial score (nSPS) is 11.7. The van der Waals surface area contributed by atoms with Gasteiger partial charge in [0.1, 0.15) is 0 Å². The molecule has 0 saturated heterocycles. The third kappa shape index (κ3) is 6.02. The number of rotatable bonds is 10. The van der Waals surface area contributed by atoms with Gasteiger partial charge in [0.2, 0.25) is 0 Å². The molecule has 0 bridgehead atoms. The van der Waals surface area contributed by atoms with E-state index in [1.165, 1.54) is 27.8 Å². The van der Waals surface area contributed by atoms with Gasteiger partial charge >= 0.3 is 0 Å². The molecule has 0 saturated carbocycles. The Morgan fingerprint density at radius 3 is 2.32 bits per heavy atom. The molecule has 1 aromatic heterocycles. The van der Waals surface area contributed by atoms with Crippen LogP contribution in [-0.2, 0) is 10.0 Å². The number of fused-ring (bicyclic) bond motifs is 1. The van der Waals surface area contributed by atoms with Gasteiger partial charge in [0.15, 0.2) is 5.13 Å². The first kappa shape index (κ1) is 28.0. The number of benzene rings is 3. The van der Waals surface area contributed by atoms with Crippen molar-refractivity contribution in [3.63, 3.8) is 0 Å². The maximum atomic E-state index is 13.7. The summed E-state index contributed by atoms with van der Waals surface area (Å²) in [6.07, 6.45) is 0.753. The molecule has 0 unspecified atom stereocenters. The number of para-hydroxylation sites is 1. The summed E-state index contributed by atoms with van der Waals surface area (Å²) in [6.45, 7) is 5.31. The number of anilines is 2. The van der Waals surface area contributed by atoms with Gasteiger partial charge in [-0.3, -0.25) is 14.0 Å². The molecular formula is C28H31ClN4O3S2. The molecule has 0 aliphatic heterocycles. The maximum absolute atomic E-state index is 13.7. The smallest absolute Gasteiger partial charge is 0.264 e. The van der Waals surface area contributed by atoms with Crippen molar-refractivity contribution in [2.75, 3.05) is 42.9 Å². The Bertz CT molecular complexity index is 1520. The highest BCUT2D eigenvalue weighted by Gasteiger charge is 2.26. The van der Waals surface area contributed by atoms with Gasteiger partial charge in [-0.1, -0.05) is 41.1 Å². The molecule has 0 radical (unpaired) electrons. The second-order valence-electron chi connectivity index (χ2n) is 9.21. The number of hydrogen-bond acceptors (Lipinski definition) is 6. The van der Waals surface area contributed by atoms with E-state index in [2.05, 4.69) is 4.90 Å². The summed E-state index contributed by atoms with van der Waals surface area (Å²) in [5, 5.41) is 1.22. The number of aryl methyl sites for hydroxylation is 1. The van der Waals surface area contributed by atoms with Crippen molar-refractivity contribution < 1.29 is 13.2 Å². The van der Waals surface area contributed by atoms with Gasteiger partial charge in [0.25, 0.3) is 15.9 Å². The summed E-state index contributed by atoms with van der Waals surface area (Å²) in [7, 11) is 0.190. The first-order valence-electron chi connectivity index (χ1n) is 12.3. The Hall–Kier alpha value is -2.98. The van der Waals surface area contributed by atoms with E-state index < -0.39 is 10.0 Å². The quantitative estimate of drug-likeness (QED) is 0.231. The lowest BCUT2D eigenvalue weighted by molar-refractivity contribution is 0.0986. The average Bonchev–Trinajstić information content (AvgIpc) is 3.31. The lowest BCUT2D eigenvalue weighted by atomic mass is 10.2. The van der Waals surface area contributed by atoms with Gasteiger partial charge < -0.3 is 4.90 Å². The van der Waals surface area contributed by atoms with E-state index in [0.29, 0.717) is 27.9 Å². The monoisotopic (exact) mass is 570 g/mol. The van der Waals surface area contributed by atoms with Crippen LogP contribution in [0.2, 0.25) is 5.02 Å². The van der Waals surface area contributed by atoms with Crippen molar-refractivity contribution in [2.45, 2.75) is 25.2 Å². The van der Waals surface area contributed by atoms with Crippen LogP contribution < -0.4 is 9.21 Å². The summed E-state index contributed by atoms with van der Waals surface area (Å²) in [4.78, 5) is 22.4. The van der Waals surface area contributed by atoms with E-state index in [1.54, 1.807) is 48.2 Å². The Morgan fingerprint density at radius 2 is 1.68 bits per heavy atom. The molecule has 10 heteroatoms. The number of halogens is 1. The number of carbonyl (C=O) groups is 1. The van der Waals surface area contributed by atoms with Gasteiger partial charge in [-0.25, -0.2) is 13.4 Å². The summed E-state index contributed by atoms with van der Waals surface area (Å²) in [6, 6.07) is 18.8. The fraction of sp³-hybridized carbons (Fsp3) is 0.286. The average molecular weight is 571 g/mol. The predicted octanol–water partition coefficient (Wildman–Crippen LogP) is 6.07. The number of amides is 1. The van der Waals surface area contributed by atoms with Crippen LogP contribution in [0.3, 0.4) is 0 Å². The number of carbonyl (C=O) groups excluding carboxylic acids is 1. The SMILES string of the molecule is CCN(c1ccccc1)S(=O)(=O)c1ccc(C(=O)N(CCCN(C)C)c2nc3c(C)cc(Cl)cc3s2)cc1. The van der Waals surface area contributed by atoms with Crippen LogP contribution in [0.5, 0.6) is 0 Å². The second-order valence-corrected chi connectivity index (χ2v) is 12.5.